The van der Waals surface area contributed by atoms with Gasteiger partial charge in [-0.2, -0.15) is 0 Å². The molecule has 3 aliphatic rings. The zero-order chi connectivity index (χ0) is 36.1. The van der Waals surface area contributed by atoms with Crippen molar-refractivity contribution in [3.05, 3.63) is 30.9 Å². The summed E-state index contributed by atoms with van der Waals surface area (Å²) in [5, 5.41) is 9.34. The molecule has 2 aliphatic carbocycles. The fraction of sp³-hybridized carbons (Fsp3) is 0.606. The molecular formula is C33H45N5O10S. The van der Waals surface area contributed by atoms with Crippen LogP contribution in [0.5, 0.6) is 11.6 Å². The van der Waals surface area contributed by atoms with Crippen LogP contribution in [0.1, 0.15) is 67.2 Å². The van der Waals surface area contributed by atoms with Gasteiger partial charge in [-0.05, 0) is 62.7 Å². The number of nitrogens with one attached hydrogen (secondary N) is 3. The zero-order valence-corrected chi connectivity index (χ0v) is 29.6. The first kappa shape index (κ1) is 36.0. The van der Waals surface area contributed by atoms with Crippen molar-refractivity contribution in [1.82, 2.24) is 25.4 Å². The molecule has 4 amide bonds. The van der Waals surface area contributed by atoms with Gasteiger partial charge < -0.3 is 34.3 Å². The summed E-state index contributed by atoms with van der Waals surface area (Å²) in [6, 6.07) is 2.87. The van der Waals surface area contributed by atoms with Crippen LogP contribution in [0, 0.1) is 11.3 Å². The number of rotatable bonds is 11. The molecule has 2 saturated carbocycles. The van der Waals surface area contributed by atoms with Crippen molar-refractivity contribution < 1.29 is 46.3 Å². The highest BCUT2D eigenvalue weighted by Gasteiger charge is 2.62. The number of ether oxygens (including phenoxy) is 3. The second-order valence-electron chi connectivity index (χ2n) is 14.9. The van der Waals surface area contributed by atoms with Crippen molar-refractivity contribution in [1.29, 1.82) is 0 Å². The third-order valence-electron chi connectivity index (χ3n) is 8.80. The zero-order valence-electron chi connectivity index (χ0n) is 28.8. The number of nitrogens with zero attached hydrogens (tertiary/aromatic N) is 2. The SMILES string of the molecule is C=C[C@@H]1C[C@]1(NC(=O)[C@@H]1C[C@@H](Oc2noc3c(OC)cccc23)CN1C(=O)[C@@H](NC(=O)OC(C)(C)C)C(C)(C)C)C(=O)NS(=O)(=O)C1CC1. The van der Waals surface area contributed by atoms with E-state index in [-0.39, 0.29) is 25.3 Å². The average molecular weight is 704 g/mol. The van der Waals surface area contributed by atoms with Crippen LogP contribution >= 0.6 is 0 Å². The van der Waals surface area contributed by atoms with Crippen molar-refractivity contribution in [3.63, 3.8) is 0 Å². The predicted molar refractivity (Wildman–Crippen MR) is 177 cm³/mol. The Balaban J connectivity index is 1.43. The highest BCUT2D eigenvalue weighted by molar-refractivity contribution is 7.91. The third-order valence-corrected chi connectivity index (χ3v) is 10.6. The smallest absolute Gasteiger partial charge is 0.408 e. The molecule has 0 bridgehead atoms. The number of sulfonamides is 1. The molecule has 16 heteroatoms. The molecule has 49 heavy (non-hydrogen) atoms. The average Bonchev–Trinajstić information content (AvgIpc) is 3.90. The summed E-state index contributed by atoms with van der Waals surface area (Å²) in [5.74, 6) is -2.10. The normalized spacial score (nSPS) is 24.5. The first-order valence-electron chi connectivity index (χ1n) is 16.2. The maximum atomic E-state index is 14.4. The van der Waals surface area contributed by atoms with Crippen molar-refractivity contribution in [3.8, 4) is 11.6 Å². The quantitative estimate of drug-likeness (QED) is 0.291. The Labute approximate surface area is 285 Å². The second kappa shape index (κ2) is 12.8. The van der Waals surface area contributed by atoms with Crippen molar-refractivity contribution in [2.75, 3.05) is 13.7 Å². The van der Waals surface area contributed by atoms with Gasteiger partial charge >= 0.3 is 6.09 Å². The topological polar surface area (TPSA) is 195 Å². The van der Waals surface area contributed by atoms with Crippen molar-refractivity contribution >= 4 is 44.8 Å². The lowest BCUT2D eigenvalue weighted by Crippen LogP contribution is -2.60. The molecule has 1 aromatic heterocycles. The summed E-state index contributed by atoms with van der Waals surface area (Å²) in [4.78, 5) is 56.0. The Kier molecular flexibility index (Phi) is 9.42. The Morgan fingerprint density at radius 3 is 2.41 bits per heavy atom. The van der Waals surface area contributed by atoms with Gasteiger partial charge in [-0.3, -0.25) is 19.1 Å². The third kappa shape index (κ3) is 7.63. The van der Waals surface area contributed by atoms with Crippen LogP contribution in [0.15, 0.2) is 35.4 Å². The van der Waals surface area contributed by atoms with Gasteiger partial charge in [-0.25, -0.2) is 13.2 Å². The number of carbonyl (C=O) groups is 4. The lowest BCUT2D eigenvalue weighted by Gasteiger charge is -2.36. The second-order valence-corrected chi connectivity index (χ2v) is 16.9. The van der Waals surface area contributed by atoms with E-state index in [2.05, 4.69) is 27.1 Å². The van der Waals surface area contributed by atoms with E-state index in [1.54, 1.807) is 59.7 Å². The van der Waals surface area contributed by atoms with Gasteiger partial charge in [0.05, 0.1) is 24.3 Å². The fourth-order valence-corrected chi connectivity index (χ4v) is 7.32. The first-order valence-corrected chi connectivity index (χ1v) is 17.7. The van der Waals surface area contributed by atoms with Crippen LogP contribution in [0.4, 0.5) is 4.79 Å². The van der Waals surface area contributed by atoms with E-state index in [0.717, 1.165) is 0 Å². The van der Waals surface area contributed by atoms with Crippen LogP contribution in [0.2, 0.25) is 0 Å². The molecule has 0 radical (unpaired) electrons. The van der Waals surface area contributed by atoms with E-state index in [0.29, 0.717) is 29.6 Å². The maximum Gasteiger partial charge on any atom is 0.408 e. The number of fused-ring (bicyclic) bond motifs is 1. The van der Waals surface area contributed by atoms with Crippen LogP contribution in [-0.4, -0.2) is 90.5 Å². The Morgan fingerprint density at radius 2 is 1.84 bits per heavy atom. The molecule has 2 aromatic rings. The molecule has 1 saturated heterocycles. The van der Waals surface area contributed by atoms with Crippen molar-refractivity contribution in [2.24, 2.45) is 11.3 Å². The molecule has 268 valence electrons. The molecule has 2 heterocycles. The minimum absolute atomic E-state index is 0.0178. The van der Waals surface area contributed by atoms with Gasteiger partial charge in [0.15, 0.2) is 5.75 Å². The minimum Gasteiger partial charge on any atom is -0.493 e. The van der Waals surface area contributed by atoms with Gasteiger partial charge in [0.1, 0.15) is 29.3 Å². The van der Waals surface area contributed by atoms with E-state index < -0.39 is 79.7 Å². The van der Waals surface area contributed by atoms with Crippen LogP contribution in [0.25, 0.3) is 11.0 Å². The van der Waals surface area contributed by atoms with Gasteiger partial charge in [-0.15, -0.1) is 6.58 Å². The van der Waals surface area contributed by atoms with E-state index >= 15 is 0 Å². The van der Waals surface area contributed by atoms with E-state index in [4.69, 9.17) is 18.7 Å². The number of methoxy groups -OCH3 is 1. The molecule has 1 aliphatic heterocycles. The summed E-state index contributed by atoms with van der Waals surface area (Å²) in [5.41, 5.74) is -2.87. The molecule has 0 spiro atoms. The standard InChI is InChI=1S/C33H45N5O10S/c1-9-18-16-33(18,29(41)37-49(43,44)20-13-14-20)35-26(39)22-15-19(46-27-21-11-10-12-23(45-8)24(21)48-36-27)17-38(22)28(40)25(31(2,3)4)34-30(42)47-32(5,6)7/h9-12,18-20,22,25H,1,13-17H2,2-8H3,(H,34,42)(H,35,39)(H,37,41)/t18-,19-,22+,25-,33-/m1/s1. The minimum atomic E-state index is -3.90. The maximum absolute atomic E-state index is 14.4. The van der Waals surface area contributed by atoms with E-state index in [1.165, 1.54) is 18.1 Å². The van der Waals surface area contributed by atoms with E-state index in [9.17, 15) is 27.6 Å². The lowest BCUT2D eigenvalue weighted by molar-refractivity contribution is -0.143. The Bertz CT molecular complexity index is 1760. The number of para-hydroxylation sites is 1. The number of hydrogen-bond donors (Lipinski definition) is 3. The van der Waals surface area contributed by atoms with E-state index in [1.807, 2.05) is 0 Å². The molecule has 5 rings (SSSR count). The molecule has 5 atom stereocenters. The molecule has 1 aromatic carbocycles. The van der Waals surface area contributed by atoms with Gasteiger partial charge in [-0.1, -0.05) is 32.9 Å². The van der Waals surface area contributed by atoms with Crippen LogP contribution in [-0.2, 0) is 29.1 Å². The number of likely N-dealkylation sites (tertiary alicyclic amines) is 1. The highest BCUT2D eigenvalue weighted by Crippen LogP contribution is 2.45. The Morgan fingerprint density at radius 1 is 1.14 bits per heavy atom. The molecule has 3 fully saturated rings. The lowest BCUT2D eigenvalue weighted by atomic mass is 9.85. The number of alkyl carbamates (subject to hydrolysis) is 1. The largest absolute Gasteiger partial charge is 0.493 e. The first-order chi connectivity index (χ1) is 22.8. The van der Waals surface area contributed by atoms with Gasteiger partial charge in [0.2, 0.25) is 27.4 Å². The summed E-state index contributed by atoms with van der Waals surface area (Å²) in [6.45, 7) is 14.0. The summed E-state index contributed by atoms with van der Waals surface area (Å²) >= 11 is 0. The summed E-state index contributed by atoms with van der Waals surface area (Å²) < 4.78 is 49.8. The van der Waals surface area contributed by atoms with Crippen molar-refractivity contribution in [2.45, 2.75) is 102 Å². The van der Waals surface area contributed by atoms with Gasteiger partial charge in [0, 0.05) is 12.3 Å². The van der Waals surface area contributed by atoms with Crippen LogP contribution in [0.3, 0.4) is 0 Å². The number of benzene rings is 1. The predicted octanol–water partition coefficient (Wildman–Crippen LogP) is 2.79. The van der Waals surface area contributed by atoms with Gasteiger partial charge in [0.25, 0.3) is 11.8 Å². The molecular weight excluding hydrogens is 658 g/mol. The number of amides is 4. The Hall–Kier alpha value is -4.34. The molecule has 15 nitrogen and oxygen atoms in total. The fourth-order valence-electron chi connectivity index (χ4n) is 5.95. The number of aromatic nitrogens is 1. The number of carbonyl (C=O) groups excluding carboxylic acids is 4. The molecule has 0 unspecified atom stereocenters. The van der Waals surface area contributed by atoms with Crippen LogP contribution < -0.4 is 24.8 Å². The summed E-state index contributed by atoms with van der Waals surface area (Å²) in [7, 11) is -2.41. The number of hydrogen-bond acceptors (Lipinski definition) is 11. The highest BCUT2D eigenvalue weighted by atomic mass is 32.2. The molecule has 3 N–H and O–H groups in total. The summed E-state index contributed by atoms with van der Waals surface area (Å²) in [6.07, 6.45) is 0.923. The monoisotopic (exact) mass is 703 g/mol.